The van der Waals surface area contributed by atoms with Crippen LogP contribution in [0, 0.1) is 6.92 Å². The number of aliphatic carboxylic acids is 1. The van der Waals surface area contributed by atoms with E-state index < -0.39 is 17.9 Å². The van der Waals surface area contributed by atoms with Gasteiger partial charge in [0.15, 0.2) is 0 Å². The first-order valence-electron chi connectivity index (χ1n) is 6.26. The number of hydrogen-bond donors (Lipinski definition) is 2. The molecule has 1 amide bonds. The van der Waals surface area contributed by atoms with E-state index in [-0.39, 0.29) is 0 Å². The summed E-state index contributed by atoms with van der Waals surface area (Å²) in [6.07, 6.45) is 2.05. The largest absolute Gasteiger partial charge is 0.480 e. The molecule has 0 aliphatic heterocycles. The molecule has 1 atom stereocenters. The van der Waals surface area contributed by atoms with Crippen LogP contribution in [0.2, 0.25) is 5.02 Å². The summed E-state index contributed by atoms with van der Waals surface area (Å²) in [7, 11) is 0. The molecule has 0 radical (unpaired) electrons. The van der Waals surface area contributed by atoms with Crippen molar-refractivity contribution >= 4 is 23.5 Å². The fraction of sp³-hybridized carbons (Fsp3) is 0.429. The number of rotatable bonds is 6. The Bertz CT molecular complexity index is 474. The summed E-state index contributed by atoms with van der Waals surface area (Å²) in [5, 5.41) is 11.9. The summed E-state index contributed by atoms with van der Waals surface area (Å²) < 4.78 is 0. The van der Waals surface area contributed by atoms with Gasteiger partial charge < -0.3 is 10.4 Å². The highest BCUT2D eigenvalue weighted by Gasteiger charge is 2.21. The first-order chi connectivity index (χ1) is 8.97. The lowest BCUT2D eigenvalue weighted by molar-refractivity contribution is -0.139. The lowest BCUT2D eigenvalue weighted by atomic mass is 10.1. The summed E-state index contributed by atoms with van der Waals surface area (Å²) in [4.78, 5) is 23.1. The molecule has 0 fully saturated rings. The molecular weight excluding hydrogens is 266 g/mol. The first-order valence-corrected chi connectivity index (χ1v) is 6.64. The molecule has 0 saturated heterocycles. The third kappa shape index (κ3) is 4.24. The van der Waals surface area contributed by atoms with Crippen molar-refractivity contribution in [1.29, 1.82) is 0 Å². The minimum absolute atomic E-state index is 0.310. The van der Waals surface area contributed by atoms with Crippen LogP contribution >= 0.6 is 11.6 Å². The van der Waals surface area contributed by atoms with Crippen LogP contribution in [0.4, 0.5) is 0 Å². The van der Waals surface area contributed by atoms with E-state index in [1.165, 1.54) is 0 Å². The number of carboxylic acids is 1. The van der Waals surface area contributed by atoms with Gasteiger partial charge in [0.25, 0.3) is 5.91 Å². The Labute approximate surface area is 117 Å². The molecule has 5 heteroatoms. The number of carboxylic acid groups (broad SMARTS) is 1. The number of carbonyl (C=O) groups is 2. The van der Waals surface area contributed by atoms with E-state index in [1.54, 1.807) is 25.1 Å². The smallest absolute Gasteiger partial charge is 0.326 e. The second-order valence-corrected chi connectivity index (χ2v) is 4.82. The van der Waals surface area contributed by atoms with Crippen LogP contribution in [0.1, 0.15) is 42.1 Å². The molecule has 2 N–H and O–H groups in total. The fourth-order valence-electron chi connectivity index (χ4n) is 1.72. The van der Waals surface area contributed by atoms with Crippen LogP contribution in [0.25, 0.3) is 0 Å². The SMILES string of the molecule is CCCC[C@H](NC(=O)c1cccc(C)c1Cl)C(=O)O. The number of unbranched alkanes of at least 4 members (excludes halogenated alkanes) is 1. The van der Waals surface area contributed by atoms with Crippen molar-refractivity contribution in [3.63, 3.8) is 0 Å². The van der Waals surface area contributed by atoms with Crippen LogP contribution < -0.4 is 5.32 Å². The van der Waals surface area contributed by atoms with Crippen molar-refractivity contribution in [1.82, 2.24) is 5.32 Å². The second-order valence-electron chi connectivity index (χ2n) is 4.44. The average molecular weight is 284 g/mol. The van der Waals surface area contributed by atoms with E-state index in [1.807, 2.05) is 6.92 Å². The second kappa shape index (κ2) is 7.14. The Hall–Kier alpha value is -1.55. The summed E-state index contributed by atoms with van der Waals surface area (Å²) in [6, 6.07) is 4.23. The molecule has 4 nitrogen and oxygen atoms in total. The Morgan fingerprint density at radius 3 is 2.68 bits per heavy atom. The molecule has 0 unspecified atom stereocenters. The Morgan fingerprint density at radius 1 is 1.42 bits per heavy atom. The van der Waals surface area contributed by atoms with Crippen LogP contribution in [0.3, 0.4) is 0 Å². The zero-order chi connectivity index (χ0) is 14.4. The molecule has 1 aromatic carbocycles. The van der Waals surface area contributed by atoms with Gasteiger partial charge in [-0.2, -0.15) is 0 Å². The van der Waals surface area contributed by atoms with E-state index in [2.05, 4.69) is 5.32 Å². The number of aryl methyl sites for hydroxylation is 1. The van der Waals surface area contributed by atoms with Crippen LogP contribution in [-0.4, -0.2) is 23.0 Å². The van der Waals surface area contributed by atoms with Gasteiger partial charge in [-0.1, -0.05) is 43.5 Å². The summed E-state index contributed by atoms with van der Waals surface area (Å²) in [5.74, 6) is -1.47. The molecule has 0 saturated carbocycles. The van der Waals surface area contributed by atoms with Crippen LogP contribution in [-0.2, 0) is 4.79 Å². The maximum Gasteiger partial charge on any atom is 0.326 e. The molecule has 0 spiro atoms. The lowest BCUT2D eigenvalue weighted by Gasteiger charge is -2.15. The third-order valence-corrected chi connectivity index (χ3v) is 3.39. The van der Waals surface area contributed by atoms with Crippen molar-refractivity contribution in [2.45, 2.75) is 39.2 Å². The van der Waals surface area contributed by atoms with E-state index in [4.69, 9.17) is 16.7 Å². The molecule has 0 aliphatic carbocycles. The predicted octanol–water partition coefficient (Wildman–Crippen LogP) is 3.02. The van der Waals surface area contributed by atoms with E-state index in [0.717, 1.165) is 18.4 Å². The lowest BCUT2D eigenvalue weighted by Crippen LogP contribution is -2.40. The number of carbonyl (C=O) groups excluding carboxylic acids is 1. The maximum absolute atomic E-state index is 12.0. The van der Waals surface area contributed by atoms with Crippen LogP contribution in [0.15, 0.2) is 18.2 Å². The summed E-state index contributed by atoms with van der Waals surface area (Å²) in [6.45, 7) is 3.77. The number of nitrogens with one attached hydrogen (secondary N) is 1. The van der Waals surface area contributed by atoms with Crippen molar-refractivity contribution in [2.24, 2.45) is 0 Å². The monoisotopic (exact) mass is 283 g/mol. The van der Waals surface area contributed by atoms with E-state index >= 15 is 0 Å². The van der Waals surface area contributed by atoms with Crippen LogP contribution in [0.5, 0.6) is 0 Å². The standard InChI is InChI=1S/C14H18ClNO3/c1-3-4-8-11(14(18)19)16-13(17)10-7-5-6-9(2)12(10)15/h5-7,11H,3-4,8H2,1-2H3,(H,16,17)(H,18,19)/t11-/m0/s1. The van der Waals surface area contributed by atoms with Gasteiger partial charge in [0.1, 0.15) is 6.04 Å². The molecule has 1 aromatic rings. The molecule has 0 heterocycles. The zero-order valence-electron chi connectivity index (χ0n) is 11.1. The number of hydrogen-bond acceptors (Lipinski definition) is 2. The minimum Gasteiger partial charge on any atom is -0.480 e. The van der Waals surface area contributed by atoms with Crippen molar-refractivity contribution in [2.75, 3.05) is 0 Å². The number of benzene rings is 1. The van der Waals surface area contributed by atoms with Crippen molar-refractivity contribution in [3.8, 4) is 0 Å². The maximum atomic E-state index is 12.0. The van der Waals surface area contributed by atoms with Gasteiger partial charge in [0.2, 0.25) is 0 Å². The van der Waals surface area contributed by atoms with Gasteiger partial charge in [-0.15, -0.1) is 0 Å². The Morgan fingerprint density at radius 2 is 2.11 bits per heavy atom. The first kappa shape index (κ1) is 15.5. The molecule has 19 heavy (non-hydrogen) atoms. The van der Waals surface area contributed by atoms with Gasteiger partial charge in [0.05, 0.1) is 10.6 Å². The molecule has 0 aliphatic rings. The summed E-state index contributed by atoms with van der Waals surface area (Å²) >= 11 is 6.05. The minimum atomic E-state index is -1.02. The normalized spacial score (nSPS) is 11.9. The number of amides is 1. The van der Waals surface area contributed by atoms with Crippen molar-refractivity contribution in [3.05, 3.63) is 34.3 Å². The molecular formula is C14H18ClNO3. The molecule has 104 valence electrons. The summed E-state index contributed by atoms with van der Waals surface area (Å²) in [5.41, 5.74) is 1.10. The Kier molecular flexibility index (Phi) is 5.83. The molecule has 1 rings (SSSR count). The van der Waals surface area contributed by atoms with Gasteiger partial charge in [-0.25, -0.2) is 4.79 Å². The van der Waals surface area contributed by atoms with E-state index in [0.29, 0.717) is 17.0 Å². The van der Waals surface area contributed by atoms with E-state index in [9.17, 15) is 9.59 Å². The zero-order valence-corrected chi connectivity index (χ0v) is 11.8. The van der Waals surface area contributed by atoms with Gasteiger partial charge in [0, 0.05) is 0 Å². The highest BCUT2D eigenvalue weighted by atomic mass is 35.5. The fourth-order valence-corrected chi connectivity index (χ4v) is 1.94. The predicted molar refractivity (Wildman–Crippen MR) is 74.6 cm³/mol. The average Bonchev–Trinajstić information content (AvgIpc) is 2.37. The quantitative estimate of drug-likeness (QED) is 0.843. The highest BCUT2D eigenvalue weighted by molar-refractivity contribution is 6.34. The van der Waals surface area contributed by atoms with Gasteiger partial charge >= 0.3 is 5.97 Å². The third-order valence-electron chi connectivity index (χ3n) is 2.89. The van der Waals surface area contributed by atoms with Gasteiger partial charge in [-0.3, -0.25) is 4.79 Å². The Balaban J connectivity index is 2.82. The van der Waals surface area contributed by atoms with Gasteiger partial charge in [-0.05, 0) is 25.0 Å². The molecule has 0 bridgehead atoms. The van der Waals surface area contributed by atoms with Crippen molar-refractivity contribution < 1.29 is 14.7 Å². The number of halogens is 1. The highest BCUT2D eigenvalue weighted by Crippen LogP contribution is 2.20. The topological polar surface area (TPSA) is 66.4 Å². The molecule has 0 aromatic heterocycles.